The highest BCUT2D eigenvalue weighted by atomic mass is 32.2. The molecule has 0 bridgehead atoms. The van der Waals surface area contributed by atoms with Gasteiger partial charge in [-0.1, -0.05) is 6.08 Å². The molecule has 1 aliphatic heterocycles. The van der Waals surface area contributed by atoms with Crippen LogP contribution in [0.3, 0.4) is 0 Å². The summed E-state index contributed by atoms with van der Waals surface area (Å²) in [4.78, 5) is 26.1. The summed E-state index contributed by atoms with van der Waals surface area (Å²) in [7, 11) is 0.170. The number of nitrogens with one attached hydrogen (secondary N) is 1. The standard InChI is InChI=1S/C18H20N2O7S/c1-25-12-8-9-14(19-28(4,23)24)15(11-12)20-10-6-5-7-13(17(21)26-2)16(20)18(22)27-3/h5-11,19H,1-4H3. The van der Waals surface area contributed by atoms with E-state index in [1.807, 2.05) is 0 Å². The largest absolute Gasteiger partial charge is 0.497 e. The van der Waals surface area contributed by atoms with Crippen LogP contribution in [0.4, 0.5) is 11.4 Å². The normalized spacial score (nSPS) is 13.8. The third-order valence-corrected chi connectivity index (χ3v) is 4.24. The zero-order chi connectivity index (χ0) is 20.9. The Balaban J connectivity index is 2.78. The van der Waals surface area contributed by atoms with Gasteiger partial charge in [0.05, 0.1) is 44.5 Å². The van der Waals surface area contributed by atoms with Gasteiger partial charge in [0.2, 0.25) is 10.0 Å². The van der Waals surface area contributed by atoms with Crippen molar-refractivity contribution in [2.45, 2.75) is 0 Å². The molecule has 10 heteroatoms. The van der Waals surface area contributed by atoms with Crippen molar-refractivity contribution in [2.75, 3.05) is 37.2 Å². The van der Waals surface area contributed by atoms with Crippen molar-refractivity contribution in [3.05, 3.63) is 53.9 Å². The number of anilines is 2. The number of nitrogens with zero attached hydrogens (tertiary/aromatic N) is 1. The predicted octanol–water partition coefficient (Wildman–Crippen LogP) is 1.56. The summed E-state index contributed by atoms with van der Waals surface area (Å²) in [5.41, 5.74) is 0.198. The number of carbonyl (C=O) groups is 2. The molecule has 1 N–H and O–H groups in total. The lowest BCUT2D eigenvalue weighted by molar-refractivity contribution is -0.139. The summed E-state index contributed by atoms with van der Waals surface area (Å²) in [5.74, 6) is -1.17. The Kier molecular flexibility index (Phi) is 6.47. The first-order valence-electron chi connectivity index (χ1n) is 7.92. The minimum absolute atomic E-state index is 0.0625. The zero-order valence-corrected chi connectivity index (χ0v) is 16.6. The van der Waals surface area contributed by atoms with Gasteiger partial charge in [-0.15, -0.1) is 0 Å². The molecular formula is C18H20N2O7S. The number of allylic oxidation sites excluding steroid dienone is 2. The molecule has 0 fully saturated rings. The van der Waals surface area contributed by atoms with Crippen molar-refractivity contribution in [3.63, 3.8) is 0 Å². The molecule has 1 aromatic carbocycles. The summed E-state index contributed by atoms with van der Waals surface area (Å²) in [6.45, 7) is 0. The van der Waals surface area contributed by atoms with Crippen molar-refractivity contribution in [1.29, 1.82) is 0 Å². The lowest BCUT2D eigenvalue weighted by Gasteiger charge is -2.25. The first kappa shape index (κ1) is 21.0. The molecule has 0 radical (unpaired) electrons. The summed E-state index contributed by atoms with van der Waals surface area (Å²) in [5, 5.41) is 0. The first-order valence-corrected chi connectivity index (χ1v) is 9.81. The maximum atomic E-state index is 12.5. The number of benzene rings is 1. The molecule has 0 saturated carbocycles. The lowest BCUT2D eigenvalue weighted by atomic mass is 10.1. The molecule has 0 atom stereocenters. The molecule has 1 aliphatic rings. The van der Waals surface area contributed by atoms with Crippen LogP contribution in [0.5, 0.6) is 5.75 Å². The molecule has 0 amide bonds. The van der Waals surface area contributed by atoms with E-state index in [9.17, 15) is 18.0 Å². The van der Waals surface area contributed by atoms with Gasteiger partial charge in [0.25, 0.3) is 0 Å². The number of methoxy groups -OCH3 is 3. The van der Waals surface area contributed by atoms with Crippen LogP contribution in [0.15, 0.2) is 53.9 Å². The fourth-order valence-electron chi connectivity index (χ4n) is 2.47. The number of rotatable bonds is 6. The zero-order valence-electron chi connectivity index (χ0n) is 15.8. The van der Waals surface area contributed by atoms with Gasteiger partial charge < -0.3 is 19.1 Å². The number of carbonyl (C=O) groups excluding carboxylic acids is 2. The van der Waals surface area contributed by atoms with E-state index in [0.717, 1.165) is 6.26 Å². The number of ether oxygens (including phenoxy) is 3. The second kappa shape index (κ2) is 8.61. The number of hydrogen-bond acceptors (Lipinski definition) is 8. The molecule has 0 unspecified atom stereocenters. The van der Waals surface area contributed by atoms with E-state index in [-0.39, 0.29) is 22.6 Å². The first-order chi connectivity index (χ1) is 13.2. The van der Waals surface area contributed by atoms with E-state index < -0.39 is 22.0 Å². The Labute approximate surface area is 162 Å². The number of sulfonamides is 1. The Bertz CT molecular complexity index is 978. The molecule has 150 valence electrons. The fourth-order valence-corrected chi connectivity index (χ4v) is 3.05. The van der Waals surface area contributed by atoms with Gasteiger partial charge in [-0.3, -0.25) is 4.72 Å². The van der Waals surface area contributed by atoms with Crippen LogP contribution in [-0.4, -0.2) is 47.9 Å². The smallest absolute Gasteiger partial charge is 0.355 e. The van der Waals surface area contributed by atoms with Gasteiger partial charge in [-0.05, 0) is 24.3 Å². The Morgan fingerprint density at radius 2 is 1.71 bits per heavy atom. The summed E-state index contributed by atoms with van der Waals surface area (Å²) < 4.78 is 40.8. The highest BCUT2D eigenvalue weighted by Gasteiger charge is 2.29. The quantitative estimate of drug-likeness (QED) is 0.706. The summed E-state index contributed by atoms with van der Waals surface area (Å²) in [6, 6.07) is 4.55. The van der Waals surface area contributed by atoms with Crippen molar-refractivity contribution < 1.29 is 32.2 Å². The summed E-state index contributed by atoms with van der Waals surface area (Å²) in [6.07, 6.45) is 7.00. The lowest BCUT2D eigenvalue weighted by Crippen LogP contribution is -2.28. The second-order valence-electron chi connectivity index (χ2n) is 5.57. The van der Waals surface area contributed by atoms with E-state index in [1.165, 1.54) is 50.6 Å². The topological polar surface area (TPSA) is 111 Å². The van der Waals surface area contributed by atoms with E-state index in [4.69, 9.17) is 14.2 Å². The molecule has 0 saturated heterocycles. The molecule has 0 aliphatic carbocycles. The Morgan fingerprint density at radius 1 is 1.04 bits per heavy atom. The fraction of sp³-hybridized carbons (Fsp3) is 0.222. The Morgan fingerprint density at radius 3 is 2.29 bits per heavy atom. The van der Waals surface area contributed by atoms with Crippen LogP contribution >= 0.6 is 0 Å². The van der Waals surface area contributed by atoms with Crippen molar-refractivity contribution in [3.8, 4) is 5.75 Å². The van der Waals surface area contributed by atoms with Crippen LogP contribution < -0.4 is 14.4 Å². The minimum atomic E-state index is -3.63. The maximum Gasteiger partial charge on any atom is 0.355 e. The molecular weight excluding hydrogens is 388 g/mol. The predicted molar refractivity (Wildman–Crippen MR) is 103 cm³/mol. The average molecular weight is 408 g/mol. The monoisotopic (exact) mass is 408 g/mol. The molecule has 0 spiro atoms. The van der Waals surface area contributed by atoms with Gasteiger partial charge in [-0.25, -0.2) is 18.0 Å². The number of hydrogen-bond donors (Lipinski definition) is 1. The highest BCUT2D eigenvalue weighted by molar-refractivity contribution is 7.92. The van der Waals surface area contributed by atoms with Crippen LogP contribution in [0.25, 0.3) is 0 Å². The van der Waals surface area contributed by atoms with Gasteiger partial charge in [-0.2, -0.15) is 0 Å². The van der Waals surface area contributed by atoms with Gasteiger partial charge >= 0.3 is 11.9 Å². The van der Waals surface area contributed by atoms with Gasteiger partial charge in [0, 0.05) is 12.3 Å². The molecule has 28 heavy (non-hydrogen) atoms. The van der Waals surface area contributed by atoms with Crippen LogP contribution in [-0.2, 0) is 29.1 Å². The van der Waals surface area contributed by atoms with Crippen molar-refractivity contribution in [1.82, 2.24) is 0 Å². The molecule has 1 heterocycles. The third kappa shape index (κ3) is 4.71. The molecule has 9 nitrogen and oxygen atoms in total. The third-order valence-electron chi connectivity index (χ3n) is 3.65. The van der Waals surface area contributed by atoms with E-state index in [2.05, 4.69) is 4.72 Å². The molecule has 2 rings (SSSR count). The van der Waals surface area contributed by atoms with E-state index in [1.54, 1.807) is 18.2 Å². The van der Waals surface area contributed by atoms with Crippen molar-refractivity contribution >= 4 is 33.3 Å². The van der Waals surface area contributed by atoms with Crippen LogP contribution in [0, 0.1) is 0 Å². The average Bonchev–Trinajstić information content (AvgIpc) is 2.88. The summed E-state index contributed by atoms with van der Waals surface area (Å²) >= 11 is 0. The van der Waals surface area contributed by atoms with Gasteiger partial charge in [0.15, 0.2) is 0 Å². The molecule has 1 aromatic rings. The maximum absolute atomic E-state index is 12.5. The molecule has 0 aromatic heterocycles. The van der Waals surface area contributed by atoms with Crippen molar-refractivity contribution in [2.24, 2.45) is 0 Å². The SMILES string of the molecule is COC(=O)C1=C(C(=O)OC)N(c2cc(OC)ccc2NS(C)(=O)=O)C=CC=C1. The number of esters is 2. The van der Waals surface area contributed by atoms with E-state index >= 15 is 0 Å². The minimum Gasteiger partial charge on any atom is -0.497 e. The second-order valence-corrected chi connectivity index (χ2v) is 7.32. The Hall–Kier alpha value is -3.27. The highest BCUT2D eigenvalue weighted by Crippen LogP contribution is 2.35. The van der Waals surface area contributed by atoms with Crippen LogP contribution in [0.2, 0.25) is 0 Å². The van der Waals surface area contributed by atoms with Crippen LogP contribution in [0.1, 0.15) is 0 Å². The van der Waals surface area contributed by atoms with E-state index in [0.29, 0.717) is 5.75 Å². The van der Waals surface area contributed by atoms with Gasteiger partial charge in [0.1, 0.15) is 11.4 Å².